The number of nitrogens with two attached hydrogens (primary N) is 1. The lowest BCUT2D eigenvalue weighted by atomic mass is 10.1. The molecule has 0 radical (unpaired) electrons. The first-order chi connectivity index (χ1) is 8.35. The lowest BCUT2D eigenvalue weighted by molar-refractivity contribution is -0.148. The molecular weight excluding hydrogens is 302 g/mol. The van der Waals surface area contributed by atoms with Crippen molar-refractivity contribution >= 4 is 32.4 Å². The number of hydrogen-bond acceptors (Lipinski definition) is 7. The summed E-state index contributed by atoms with van der Waals surface area (Å²) in [4.78, 5) is 0. The summed E-state index contributed by atoms with van der Waals surface area (Å²) < 4.78 is 55.1. The Morgan fingerprint density at radius 2 is 2.11 bits per heavy atom. The van der Waals surface area contributed by atoms with E-state index in [4.69, 9.17) is 14.6 Å². The first kappa shape index (κ1) is 14.1. The van der Waals surface area contributed by atoms with Crippen molar-refractivity contribution in [3.8, 4) is 0 Å². The summed E-state index contributed by atoms with van der Waals surface area (Å²) in [7, 11) is -3.94. The molecule has 10 heteroatoms. The van der Waals surface area contributed by atoms with E-state index < -0.39 is 32.6 Å². The highest BCUT2D eigenvalue weighted by atomic mass is 32.2. The van der Waals surface area contributed by atoms with Crippen molar-refractivity contribution in [2.75, 3.05) is 19.0 Å². The van der Waals surface area contributed by atoms with Gasteiger partial charge in [-0.25, -0.2) is 13.6 Å². The number of thiophene rings is 1. The molecule has 1 aromatic heterocycles. The monoisotopic (exact) mass is 312 g/mol. The van der Waals surface area contributed by atoms with E-state index >= 15 is 0 Å². The van der Waals surface area contributed by atoms with E-state index in [9.17, 15) is 17.2 Å². The molecule has 18 heavy (non-hydrogen) atoms. The molecule has 1 aliphatic heterocycles. The van der Waals surface area contributed by atoms with Gasteiger partial charge in [-0.15, -0.1) is 11.3 Å². The average Bonchev–Trinajstić information content (AvgIpc) is 2.81. The fourth-order valence-electron chi connectivity index (χ4n) is 1.72. The number of sulfonamides is 1. The SMILES string of the molecule is NS(=O)(=O)c1sccc1C1(CS(=O)[O-])OCCO1. The Morgan fingerprint density at radius 3 is 2.61 bits per heavy atom. The highest BCUT2D eigenvalue weighted by Crippen LogP contribution is 2.38. The summed E-state index contributed by atoms with van der Waals surface area (Å²) in [5, 5.41) is 6.57. The van der Waals surface area contributed by atoms with E-state index in [-0.39, 0.29) is 23.0 Å². The number of primary sulfonamides is 1. The number of rotatable bonds is 4. The van der Waals surface area contributed by atoms with Gasteiger partial charge in [0.15, 0.2) is 0 Å². The van der Waals surface area contributed by atoms with Crippen molar-refractivity contribution in [3.05, 3.63) is 17.0 Å². The topological polar surface area (TPSA) is 119 Å². The molecule has 1 atom stereocenters. The molecule has 0 aromatic carbocycles. The first-order valence-corrected chi connectivity index (χ1v) is 8.47. The van der Waals surface area contributed by atoms with E-state index in [2.05, 4.69) is 0 Å². The average molecular weight is 312 g/mol. The van der Waals surface area contributed by atoms with E-state index in [1.807, 2.05) is 0 Å². The second-order valence-electron chi connectivity index (χ2n) is 3.56. The maximum Gasteiger partial charge on any atom is 0.248 e. The van der Waals surface area contributed by atoms with Crippen molar-refractivity contribution in [1.29, 1.82) is 0 Å². The molecule has 2 N–H and O–H groups in total. The van der Waals surface area contributed by atoms with Gasteiger partial charge in [0.25, 0.3) is 0 Å². The molecule has 1 fully saturated rings. The summed E-state index contributed by atoms with van der Waals surface area (Å²) in [6, 6.07) is 1.45. The Bertz CT molecular complexity index is 559. The number of ether oxygens (including phenoxy) is 2. The molecule has 0 aliphatic carbocycles. The zero-order chi connectivity index (χ0) is 13.4. The molecule has 2 rings (SSSR count). The Balaban J connectivity index is 2.50. The van der Waals surface area contributed by atoms with Gasteiger partial charge in [0.2, 0.25) is 15.8 Å². The standard InChI is InChI=1S/C8H11NO6S3/c9-18(12,13)7-6(1-4-16-7)8(5-17(10)11)14-2-3-15-8/h1,4H,2-3,5H2,(H,10,11)(H2,9,12,13)/p-1. The van der Waals surface area contributed by atoms with Crippen LogP contribution in [0.1, 0.15) is 5.56 Å². The van der Waals surface area contributed by atoms with Gasteiger partial charge in [-0.3, -0.25) is 4.21 Å². The normalized spacial score (nSPS) is 21.0. The van der Waals surface area contributed by atoms with Gasteiger partial charge in [-0.2, -0.15) is 0 Å². The van der Waals surface area contributed by atoms with Crippen LogP contribution in [0.25, 0.3) is 0 Å². The third-order valence-electron chi connectivity index (χ3n) is 2.36. The van der Waals surface area contributed by atoms with Crippen molar-refractivity contribution in [2.24, 2.45) is 5.14 Å². The minimum absolute atomic E-state index is 0.136. The summed E-state index contributed by atoms with van der Waals surface area (Å²) in [5.74, 6) is -2.05. The lowest BCUT2D eigenvalue weighted by Crippen LogP contribution is -2.35. The maximum absolute atomic E-state index is 11.4. The van der Waals surface area contributed by atoms with E-state index in [0.29, 0.717) is 0 Å². The van der Waals surface area contributed by atoms with E-state index in [1.54, 1.807) is 0 Å². The highest BCUT2D eigenvalue weighted by Gasteiger charge is 2.43. The van der Waals surface area contributed by atoms with Crippen LogP contribution in [0.2, 0.25) is 0 Å². The molecule has 7 nitrogen and oxygen atoms in total. The Kier molecular flexibility index (Phi) is 3.88. The number of hydrogen-bond donors (Lipinski definition) is 1. The van der Waals surface area contributed by atoms with Crippen LogP contribution in [0.5, 0.6) is 0 Å². The van der Waals surface area contributed by atoms with Gasteiger partial charge >= 0.3 is 0 Å². The second kappa shape index (κ2) is 4.96. The first-order valence-electron chi connectivity index (χ1n) is 4.80. The molecule has 1 aromatic rings. The van der Waals surface area contributed by atoms with Crippen LogP contribution in [0.3, 0.4) is 0 Å². The third kappa shape index (κ3) is 2.64. The molecule has 1 saturated heterocycles. The van der Waals surface area contributed by atoms with Crippen LogP contribution in [-0.2, 0) is 36.4 Å². The van der Waals surface area contributed by atoms with E-state index in [0.717, 1.165) is 11.3 Å². The molecule has 0 saturated carbocycles. The van der Waals surface area contributed by atoms with Gasteiger partial charge in [-0.05, 0) is 22.5 Å². The fourth-order valence-corrected chi connectivity index (χ4v) is 4.27. The molecule has 2 heterocycles. The van der Waals surface area contributed by atoms with Crippen LogP contribution < -0.4 is 5.14 Å². The predicted octanol–water partition coefficient (Wildman–Crippen LogP) is -0.526. The molecule has 0 spiro atoms. The predicted molar refractivity (Wildman–Crippen MR) is 63.1 cm³/mol. The van der Waals surface area contributed by atoms with Crippen LogP contribution in [-0.4, -0.2) is 36.1 Å². The van der Waals surface area contributed by atoms with Gasteiger partial charge < -0.3 is 14.0 Å². The van der Waals surface area contributed by atoms with Crippen LogP contribution in [0, 0.1) is 0 Å². The van der Waals surface area contributed by atoms with Crippen molar-refractivity contribution < 1.29 is 26.7 Å². The van der Waals surface area contributed by atoms with Gasteiger partial charge in [0.05, 0.1) is 19.0 Å². The van der Waals surface area contributed by atoms with Crippen molar-refractivity contribution in [1.82, 2.24) is 0 Å². The summed E-state index contributed by atoms with van der Waals surface area (Å²) >= 11 is -1.55. The second-order valence-corrected chi connectivity index (χ2v) is 7.13. The van der Waals surface area contributed by atoms with Crippen molar-refractivity contribution in [3.63, 3.8) is 0 Å². The van der Waals surface area contributed by atoms with Gasteiger partial charge in [0, 0.05) is 5.56 Å². The smallest absolute Gasteiger partial charge is 0.248 e. The third-order valence-corrected chi connectivity index (χ3v) is 5.40. The van der Waals surface area contributed by atoms with Gasteiger partial charge in [-0.1, -0.05) is 0 Å². The Labute approximate surface area is 110 Å². The van der Waals surface area contributed by atoms with Crippen molar-refractivity contribution in [2.45, 2.75) is 10.00 Å². The molecule has 102 valence electrons. The lowest BCUT2D eigenvalue weighted by Gasteiger charge is -2.28. The molecule has 1 unspecified atom stereocenters. The minimum atomic E-state index is -3.94. The molecule has 0 amide bonds. The zero-order valence-electron chi connectivity index (χ0n) is 9.03. The largest absolute Gasteiger partial charge is 0.772 e. The van der Waals surface area contributed by atoms with Crippen LogP contribution >= 0.6 is 11.3 Å². The van der Waals surface area contributed by atoms with Crippen LogP contribution in [0.4, 0.5) is 0 Å². The minimum Gasteiger partial charge on any atom is -0.772 e. The quantitative estimate of drug-likeness (QED) is 0.747. The molecular formula is C8H10NO6S3-. The van der Waals surface area contributed by atoms with Crippen LogP contribution in [0.15, 0.2) is 15.7 Å². The maximum atomic E-state index is 11.4. The molecule has 0 bridgehead atoms. The summed E-state index contributed by atoms with van der Waals surface area (Å²) in [5.41, 5.74) is 0.136. The zero-order valence-corrected chi connectivity index (χ0v) is 11.5. The molecule has 1 aliphatic rings. The summed E-state index contributed by atoms with van der Waals surface area (Å²) in [6.07, 6.45) is 0. The summed E-state index contributed by atoms with van der Waals surface area (Å²) in [6.45, 7) is 0.383. The van der Waals surface area contributed by atoms with E-state index in [1.165, 1.54) is 11.4 Å². The van der Waals surface area contributed by atoms with Gasteiger partial charge in [0.1, 0.15) is 4.21 Å². The Morgan fingerprint density at radius 1 is 1.50 bits per heavy atom. The fraction of sp³-hybridized carbons (Fsp3) is 0.500. The highest BCUT2D eigenvalue weighted by molar-refractivity contribution is 7.91. The Hall–Kier alpha value is -0.360.